The van der Waals surface area contributed by atoms with E-state index in [0.717, 1.165) is 16.8 Å². The summed E-state index contributed by atoms with van der Waals surface area (Å²) in [6.45, 7) is 0. The highest BCUT2D eigenvalue weighted by Crippen LogP contribution is 2.25. The van der Waals surface area contributed by atoms with Crippen LogP contribution in [0.3, 0.4) is 0 Å². The van der Waals surface area contributed by atoms with Gasteiger partial charge in [-0.3, -0.25) is 0 Å². The molecule has 0 unspecified atom stereocenters. The first kappa shape index (κ1) is 11.1. The largest absolute Gasteiger partial charge is 0.439 e. The van der Waals surface area contributed by atoms with Crippen LogP contribution >= 0.6 is 11.6 Å². The number of oxazole rings is 1. The first-order valence-corrected chi connectivity index (χ1v) is 5.98. The van der Waals surface area contributed by atoms with Crippen molar-refractivity contribution in [2.75, 3.05) is 5.73 Å². The van der Waals surface area contributed by atoms with Gasteiger partial charge in [-0.1, -0.05) is 29.8 Å². The van der Waals surface area contributed by atoms with Crippen molar-refractivity contribution in [1.82, 2.24) is 4.98 Å². The average Bonchev–Trinajstić information content (AvgIpc) is 2.73. The van der Waals surface area contributed by atoms with Gasteiger partial charge in [-0.25, -0.2) is 4.98 Å². The van der Waals surface area contributed by atoms with E-state index >= 15 is 0 Å². The molecule has 18 heavy (non-hydrogen) atoms. The fourth-order valence-corrected chi connectivity index (χ4v) is 2.12. The average molecular weight is 259 g/mol. The maximum Gasteiger partial charge on any atom is 0.199 e. The summed E-state index contributed by atoms with van der Waals surface area (Å²) in [5, 5.41) is 0.582. The predicted octanol–water partition coefficient (Wildman–Crippen LogP) is 3.65. The number of nitrogens with zero attached hydrogens (tertiary/aromatic N) is 1. The summed E-state index contributed by atoms with van der Waals surface area (Å²) in [4.78, 5) is 4.41. The number of para-hydroxylation sites is 1. The Morgan fingerprint density at radius 2 is 2.00 bits per heavy atom. The van der Waals surface area contributed by atoms with E-state index in [4.69, 9.17) is 21.8 Å². The highest BCUT2D eigenvalue weighted by molar-refractivity contribution is 6.34. The molecule has 0 spiro atoms. The van der Waals surface area contributed by atoms with Crippen molar-refractivity contribution in [3.63, 3.8) is 0 Å². The highest BCUT2D eigenvalue weighted by atomic mass is 35.5. The molecule has 0 bridgehead atoms. The van der Waals surface area contributed by atoms with Crippen molar-refractivity contribution < 1.29 is 4.42 Å². The molecule has 0 aliphatic carbocycles. The van der Waals surface area contributed by atoms with E-state index in [0.29, 0.717) is 22.9 Å². The van der Waals surface area contributed by atoms with Crippen molar-refractivity contribution in [3.8, 4) is 0 Å². The second-order valence-corrected chi connectivity index (χ2v) is 4.52. The van der Waals surface area contributed by atoms with Gasteiger partial charge in [0.25, 0.3) is 0 Å². The van der Waals surface area contributed by atoms with Gasteiger partial charge in [-0.2, -0.15) is 0 Å². The molecule has 3 rings (SSSR count). The van der Waals surface area contributed by atoms with Crippen LogP contribution in [0.4, 0.5) is 5.69 Å². The van der Waals surface area contributed by atoms with Crippen LogP contribution < -0.4 is 5.73 Å². The van der Waals surface area contributed by atoms with E-state index < -0.39 is 0 Å². The van der Waals surface area contributed by atoms with Crippen molar-refractivity contribution >= 4 is 28.4 Å². The molecule has 0 saturated carbocycles. The SMILES string of the molecule is Nc1cccc(Cc2nc3cccc(Cl)c3o2)c1. The molecule has 1 aromatic heterocycles. The van der Waals surface area contributed by atoms with Crippen LogP contribution in [0.25, 0.3) is 11.1 Å². The standard InChI is InChI=1S/C14H11ClN2O/c15-11-5-2-6-12-14(11)18-13(17-12)8-9-3-1-4-10(16)7-9/h1-7H,8,16H2. The molecule has 3 nitrogen and oxygen atoms in total. The molecule has 0 saturated heterocycles. The molecule has 1 heterocycles. The number of anilines is 1. The van der Waals surface area contributed by atoms with Crippen LogP contribution in [0.5, 0.6) is 0 Å². The monoisotopic (exact) mass is 258 g/mol. The van der Waals surface area contributed by atoms with E-state index in [1.54, 1.807) is 6.07 Å². The highest BCUT2D eigenvalue weighted by Gasteiger charge is 2.09. The summed E-state index contributed by atoms with van der Waals surface area (Å²) in [5.41, 5.74) is 8.96. The number of aromatic nitrogens is 1. The lowest BCUT2D eigenvalue weighted by Gasteiger charge is -1.98. The van der Waals surface area contributed by atoms with Crippen LogP contribution in [0, 0.1) is 0 Å². The maximum atomic E-state index is 6.04. The lowest BCUT2D eigenvalue weighted by Crippen LogP contribution is -1.90. The molecule has 3 aromatic rings. The summed E-state index contributed by atoms with van der Waals surface area (Å²) in [7, 11) is 0. The van der Waals surface area contributed by atoms with Gasteiger partial charge < -0.3 is 10.2 Å². The Balaban J connectivity index is 1.98. The lowest BCUT2D eigenvalue weighted by molar-refractivity contribution is 0.544. The molecule has 4 heteroatoms. The van der Waals surface area contributed by atoms with Gasteiger partial charge in [-0.15, -0.1) is 0 Å². The maximum absolute atomic E-state index is 6.04. The molecule has 0 aliphatic heterocycles. The van der Waals surface area contributed by atoms with Crippen molar-refractivity contribution in [1.29, 1.82) is 0 Å². The number of fused-ring (bicyclic) bond motifs is 1. The Hall–Kier alpha value is -2.00. The number of halogens is 1. The fourth-order valence-electron chi connectivity index (χ4n) is 1.91. The lowest BCUT2D eigenvalue weighted by atomic mass is 10.1. The third-order valence-corrected chi connectivity index (χ3v) is 3.02. The summed E-state index contributed by atoms with van der Waals surface area (Å²) in [6, 6.07) is 13.2. The number of benzene rings is 2. The molecule has 0 atom stereocenters. The Morgan fingerprint density at radius 3 is 2.78 bits per heavy atom. The smallest absolute Gasteiger partial charge is 0.199 e. The van der Waals surface area contributed by atoms with E-state index in [1.165, 1.54) is 0 Å². The first-order chi connectivity index (χ1) is 8.72. The van der Waals surface area contributed by atoms with Gasteiger partial charge in [-0.05, 0) is 29.8 Å². The normalized spacial score (nSPS) is 10.9. The van der Waals surface area contributed by atoms with Crippen LogP contribution in [-0.2, 0) is 6.42 Å². The molecule has 2 aromatic carbocycles. The third kappa shape index (κ3) is 2.05. The Morgan fingerprint density at radius 1 is 1.17 bits per heavy atom. The van der Waals surface area contributed by atoms with E-state index in [-0.39, 0.29) is 0 Å². The third-order valence-electron chi connectivity index (χ3n) is 2.72. The number of hydrogen-bond acceptors (Lipinski definition) is 3. The molecular formula is C14H11ClN2O. The molecule has 0 radical (unpaired) electrons. The zero-order chi connectivity index (χ0) is 12.5. The van der Waals surface area contributed by atoms with Gasteiger partial charge in [0, 0.05) is 12.1 Å². The summed E-state index contributed by atoms with van der Waals surface area (Å²) < 4.78 is 5.66. The number of nitrogen functional groups attached to an aromatic ring is 1. The molecule has 0 aliphatic rings. The van der Waals surface area contributed by atoms with Crippen molar-refractivity contribution in [3.05, 3.63) is 58.9 Å². The Bertz CT molecular complexity index is 706. The van der Waals surface area contributed by atoms with E-state index in [9.17, 15) is 0 Å². The minimum Gasteiger partial charge on any atom is -0.439 e. The topological polar surface area (TPSA) is 52.0 Å². The van der Waals surface area contributed by atoms with Crippen LogP contribution in [0.2, 0.25) is 5.02 Å². The van der Waals surface area contributed by atoms with Gasteiger partial charge in [0.05, 0.1) is 5.02 Å². The zero-order valence-electron chi connectivity index (χ0n) is 9.56. The van der Waals surface area contributed by atoms with Gasteiger partial charge in [0.1, 0.15) is 5.52 Å². The first-order valence-electron chi connectivity index (χ1n) is 5.61. The van der Waals surface area contributed by atoms with Gasteiger partial charge >= 0.3 is 0 Å². The second-order valence-electron chi connectivity index (χ2n) is 4.12. The molecule has 90 valence electrons. The number of hydrogen-bond donors (Lipinski definition) is 1. The minimum absolute atomic E-state index is 0.582. The predicted molar refractivity (Wildman–Crippen MR) is 72.7 cm³/mol. The quantitative estimate of drug-likeness (QED) is 0.714. The Kier molecular flexibility index (Phi) is 2.68. The van der Waals surface area contributed by atoms with E-state index in [2.05, 4.69) is 4.98 Å². The molecular weight excluding hydrogens is 248 g/mol. The summed E-state index contributed by atoms with van der Waals surface area (Å²) >= 11 is 6.04. The number of nitrogens with two attached hydrogens (primary N) is 1. The van der Waals surface area contributed by atoms with Crippen LogP contribution in [0.15, 0.2) is 46.9 Å². The van der Waals surface area contributed by atoms with Gasteiger partial charge in [0.2, 0.25) is 0 Å². The fraction of sp³-hybridized carbons (Fsp3) is 0.0714. The van der Waals surface area contributed by atoms with Gasteiger partial charge in [0.15, 0.2) is 11.5 Å². The second kappa shape index (κ2) is 4.35. The molecule has 2 N–H and O–H groups in total. The van der Waals surface area contributed by atoms with Crippen LogP contribution in [-0.4, -0.2) is 4.98 Å². The Labute approximate surface area is 109 Å². The summed E-state index contributed by atoms with van der Waals surface area (Å²) in [6.07, 6.45) is 0.607. The van der Waals surface area contributed by atoms with Crippen molar-refractivity contribution in [2.45, 2.75) is 6.42 Å². The van der Waals surface area contributed by atoms with E-state index in [1.807, 2.05) is 36.4 Å². The number of rotatable bonds is 2. The molecule has 0 amide bonds. The van der Waals surface area contributed by atoms with Crippen molar-refractivity contribution in [2.24, 2.45) is 0 Å². The molecule has 0 fully saturated rings. The minimum atomic E-state index is 0.582. The zero-order valence-corrected chi connectivity index (χ0v) is 10.3. The van der Waals surface area contributed by atoms with Crippen LogP contribution in [0.1, 0.15) is 11.5 Å². The summed E-state index contributed by atoms with van der Waals surface area (Å²) in [5.74, 6) is 0.642.